The molecule has 26 heavy (non-hydrogen) atoms. The first-order valence-electron chi connectivity index (χ1n) is 8.02. The van der Waals surface area contributed by atoms with E-state index in [1.807, 2.05) is 0 Å². The molecule has 0 aliphatic rings. The molecule has 0 bridgehead atoms. The second kappa shape index (κ2) is 8.13. The molecule has 2 rings (SSSR count). The van der Waals surface area contributed by atoms with Crippen LogP contribution in [0.25, 0.3) is 11.5 Å². The molecular formula is C17H22N4O4S. The molecule has 2 heterocycles. The van der Waals surface area contributed by atoms with Crippen LogP contribution in [-0.4, -0.2) is 29.3 Å². The van der Waals surface area contributed by atoms with Crippen molar-refractivity contribution in [2.45, 2.75) is 34.2 Å². The molecule has 3 amide bonds. The van der Waals surface area contributed by atoms with Gasteiger partial charge in [-0.1, -0.05) is 20.8 Å². The number of anilines is 1. The Labute approximate surface area is 155 Å². The zero-order valence-electron chi connectivity index (χ0n) is 15.1. The Morgan fingerprint density at radius 3 is 2.58 bits per heavy atom. The number of aromatic nitrogens is 1. The first-order chi connectivity index (χ1) is 12.1. The molecule has 0 atom stereocenters. The van der Waals surface area contributed by atoms with Crippen LogP contribution in [0, 0.1) is 5.41 Å². The lowest BCUT2D eigenvalue weighted by atomic mass is 9.96. The maximum Gasteiger partial charge on any atom is 0.245 e. The van der Waals surface area contributed by atoms with E-state index in [1.54, 1.807) is 38.3 Å². The Hall–Kier alpha value is -2.68. The molecule has 2 aromatic rings. The third-order valence-corrected chi connectivity index (χ3v) is 4.02. The molecule has 140 valence electrons. The van der Waals surface area contributed by atoms with Crippen molar-refractivity contribution >= 4 is 34.2 Å². The van der Waals surface area contributed by atoms with E-state index in [0.29, 0.717) is 28.9 Å². The summed E-state index contributed by atoms with van der Waals surface area (Å²) in [7, 11) is 0. The van der Waals surface area contributed by atoms with Crippen molar-refractivity contribution in [1.29, 1.82) is 0 Å². The molecule has 0 saturated carbocycles. The molecule has 0 fully saturated rings. The number of nitrogens with one attached hydrogen (secondary N) is 3. The monoisotopic (exact) mass is 378 g/mol. The largest absolute Gasteiger partial charge is 0.458 e. The van der Waals surface area contributed by atoms with E-state index in [4.69, 9.17) is 4.42 Å². The molecule has 9 heteroatoms. The lowest BCUT2D eigenvalue weighted by molar-refractivity contribution is -0.130. The standard InChI is InChI=1S/C17H22N4O4S/c1-10(22)18-7-11-5-6-13(25-11)12-9-26-16(20-12)21-14(23)8-19-15(24)17(2,3)4/h5-6,9H,7-8H2,1-4H3,(H,18,22)(H,19,24)(H,20,21,23). The number of amides is 3. The molecule has 3 N–H and O–H groups in total. The molecule has 0 aliphatic carbocycles. The summed E-state index contributed by atoms with van der Waals surface area (Å²) in [5.41, 5.74) is 0.0289. The van der Waals surface area contributed by atoms with E-state index in [0.717, 1.165) is 0 Å². The van der Waals surface area contributed by atoms with Crippen LogP contribution >= 0.6 is 11.3 Å². The Kier molecular flexibility index (Phi) is 6.14. The van der Waals surface area contributed by atoms with Gasteiger partial charge in [-0.25, -0.2) is 4.98 Å². The van der Waals surface area contributed by atoms with E-state index in [2.05, 4.69) is 20.9 Å². The van der Waals surface area contributed by atoms with Gasteiger partial charge in [0.15, 0.2) is 10.9 Å². The van der Waals surface area contributed by atoms with Crippen LogP contribution in [0.2, 0.25) is 0 Å². The SMILES string of the molecule is CC(=O)NCc1ccc(-c2csc(NC(=O)CNC(=O)C(C)(C)C)n2)o1. The number of nitrogens with zero attached hydrogens (tertiary/aromatic N) is 1. The van der Waals surface area contributed by atoms with E-state index >= 15 is 0 Å². The lowest BCUT2D eigenvalue weighted by Gasteiger charge is -2.17. The van der Waals surface area contributed by atoms with E-state index in [-0.39, 0.29) is 24.3 Å². The summed E-state index contributed by atoms with van der Waals surface area (Å²) < 4.78 is 5.61. The minimum absolute atomic E-state index is 0.118. The van der Waals surface area contributed by atoms with Gasteiger partial charge in [-0.2, -0.15) is 0 Å². The molecule has 0 spiro atoms. The van der Waals surface area contributed by atoms with Gasteiger partial charge in [0.25, 0.3) is 0 Å². The number of carbonyl (C=O) groups is 3. The summed E-state index contributed by atoms with van der Waals surface area (Å²) in [5.74, 6) is 0.464. The average Bonchev–Trinajstić information content (AvgIpc) is 3.18. The molecule has 0 aromatic carbocycles. The summed E-state index contributed by atoms with van der Waals surface area (Å²) in [6.07, 6.45) is 0. The van der Waals surface area contributed by atoms with Gasteiger partial charge < -0.3 is 20.4 Å². The van der Waals surface area contributed by atoms with Crippen LogP contribution in [0.3, 0.4) is 0 Å². The molecule has 0 saturated heterocycles. The lowest BCUT2D eigenvalue weighted by Crippen LogP contribution is -2.39. The van der Waals surface area contributed by atoms with Gasteiger partial charge in [0.1, 0.15) is 11.5 Å². The Balaban J connectivity index is 1.90. The summed E-state index contributed by atoms with van der Waals surface area (Å²) in [4.78, 5) is 38.9. The maximum atomic E-state index is 11.9. The normalized spacial score (nSPS) is 11.1. The van der Waals surface area contributed by atoms with Gasteiger partial charge in [0, 0.05) is 17.7 Å². The second-order valence-electron chi connectivity index (χ2n) is 6.69. The predicted molar refractivity (Wildman–Crippen MR) is 98.4 cm³/mol. The van der Waals surface area contributed by atoms with Crippen LogP contribution in [-0.2, 0) is 20.9 Å². The van der Waals surface area contributed by atoms with E-state index in [1.165, 1.54) is 18.3 Å². The summed E-state index contributed by atoms with van der Waals surface area (Å²) in [6.45, 7) is 6.94. The van der Waals surface area contributed by atoms with Gasteiger partial charge in [0.2, 0.25) is 17.7 Å². The topological polar surface area (TPSA) is 113 Å². The minimum atomic E-state index is -0.553. The summed E-state index contributed by atoms with van der Waals surface area (Å²) in [6, 6.07) is 3.51. The number of rotatable bonds is 6. The Morgan fingerprint density at radius 2 is 1.92 bits per heavy atom. The molecule has 2 aromatic heterocycles. The molecule has 0 aliphatic heterocycles. The van der Waals surface area contributed by atoms with Crippen LogP contribution in [0.4, 0.5) is 5.13 Å². The Morgan fingerprint density at radius 1 is 1.19 bits per heavy atom. The number of thiazole rings is 1. The van der Waals surface area contributed by atoms with Crippen molar-refractivity contribution < 1.29 is 18.8 Å². The first kappa shape index (κ1) is 19.6. The van der Waals surface area contributed by atoms with Crippen LogP contribution in [0.1, 0.15) is 33.5 Å². The number of carbonyl (C=O) groups excluding carboxylic acids is 3. The maximum absolute atomic E-state index is 11.9. The molecule has 0 unspecified atom stereocenters. The highest BCUT2D eigenvalue weighted by Gasteiger charge is 2.21. The Bertz CT molecular complexity index is 804. The van der Waals surface area contributed by atoms with Crippen molar-refractivity contribution in [3.63, 3.8) is 0 Å². The fraction of sp³-hybridized carbons (Fsp3) is 0.412. The van der Waals surface area contributed by atoms with Crippen molar-refractivity contribution in [3.05, 3.63) is 23.3 Å². The zero-order valence-corrected chi connectivity index (χ0v) is 16.0. The van der Waals surface area contributed by atoms with Crippen molar-refractivity contribution in [2.24, 2.45) is 5.41 Å². The van der Waals surface area contributed by atoms with Crippen molar-refractivity contribution in [3.8, 4) is 11.5 Å². The van der Waals surface area contributed by atoms with Gasteiger partial charge in [-0.15, -0.1) is 11.3 Å². The van der Waals surface area contributed by atoms with Crippen LogP contribution in [0.15, 0.2) is 21.9 Å². The second-order valence-corrected chi connectivity index (χ2v) is 7.55. The van der Waals surface area contributed by atoms with E-state index < -0.39 is 5.41 Å². The number of hydrogen-bond acceptors (Lipinski definition) is 6. The molecule has 0 radical (unpaired) electrons. The van der Waals surface area contributed by atoms with Crippen LogP contribution in [0.5, 0.6) is 0 Å². The predicted octanol–water partition coefficient (Wildman–Crippen LogP) is 2.14. The quantitative estimate of drug-likeness (QED) is 0.713. The smallest absolute Gasteiger partial charge is 0.245 e. The van der Waals surface area contributed by atoms with Gasteiger partial charge >= 0.3 is 0 Å². The first-order valence-corrected chi connectivity index (χ1v) is 8.90. The van der Waals surface area contributed by atoms with Crippen molar-refractivity contribution in [2.75, 3.05) is 11.9 Å². The highest BCUT2D eigenvalue weighted by atomic mass is 32.1. The van der Waals surface area contributed by atoms with Crippen LogP contribution < -0.4 is 16.0 Å². The minimum Gasteiger partial charge on any atom is -0.458 e. The molecular weight excluding hydrogens is 356 g/mol. The highest BCUT2D eigenvalue weighted by molar-refractivity contribution is 7.14. The van der Waals surface area contributed by atoms with Gasteiger partial charge in [-0.3, -0.25) is 14.4 Å². The summed E-state index contributed by atoms with van der Waals surface area (Å²) in [5, 5.41) is 10.0. The van der Waals surface area contributed by atoms with E-state index in [9.17, 15) is 14.4 Å². The average molecular weight is 378 g/mol. The number of furan rings is 1. The third-order valence-electron chi connectivity index (χ3n) is 3.27. The molecule has 8 nitrogen and oxygen atoms in total. The fourth-order valence-electron chi connectivity index (χ4n) is 1.86. The van der Waals surface area contributed by atoms with Crippen molar-refractivity contribution in [1.82, 2.24) is 15.6 Å². The number of hydrogen-bond donors (Lipinski definition) is 3. The van der Waals surface area contributed by atoms with Gasteiger partial charge in [-0.05, 0) is 12.1 Å². The highest BCUT2D eigenvalue weighted by Crippen LogP contribution is 2.26. The summed E-state index contributed by atoms with van der Waals surface area (Å²) >= 11 is 1.25. The van der Waals surface area contributed by atoms with Gasteiger partial charge in [0.05, 0.1) is 13.1 Å². The fourth-order valence-corrected chi connectivity index (χ4v) is 2.57. The zero-order chi connectivity index (χ0) is 19.3. The third kappa shape index (κ3) is 5.69.